The normalized spacial score (nSPS) is 12.4. The average molecular weight is 389 g/mol. The second kappa shape index (κ2) is 7.20. The Kier molecular flexibility index (Phi) is 5.47. The third kappa shape index (κ3) is 4.47. The number of benzene rings is 1. The molecule has 1 atom stereocenters. The number of sulfonamides is 1. The fourth-order valence-corrected chi connectivity index (χ4v) is 4.15. The number of esters is 1. The van der Waals surface area contributed by atoms with E-state index in [1.165, 1.54) is 43.3 Å². The van der Waals surface area contributed by atoms with Gasteiger partial charge in [0.25, 0.3) is 15.9 Å². The highest BCUT2D eigenvalue weighted by molar-refractivity contribution is 7.94. The van der Waals surface area contributed by atoms with Gasteiger partial charge in [-0.05, 0) is 43.3 Å². The number of primary amides is 1. The molecule has 2 rings (SSSR count). The van der Waals surface area contributed by atoms with Gasteiger partial charge < -0.3 is 10.5 Å². The standard InChI is InChI=1S/C14H13ClN2O5S2/c1-8(13(16)18)22-14(19)9-2-4-10(5-3-9)17-24(20,21)12-7-6-11(15)23-12/h2-8,17H,1H3,(H2,16,18)/t8-/m0/s1. The molecule has 0 unspecified atom stereocenters. The molecule has 0 bridgehead atoms. The lowest BCUT2D eigenvalue weighted by atomic mass is 10.2. The van der Waals surface area contributed by atoms with E-state index in [9.17, 15) is 18.0 Å². The van der Waals surface area contributed by atoms with Crippen molar-refractivity contribution in [3.8, 4) is 0 Å². The molecule has 128 valence electrons. The molecule has 0 aliphatic heterocycles. The van der Waals surface area contributed by atoms with Crippen molar-refractivity contribution < 1.29 is 22.7 Å². The third-order valence-corrected chi connectivity index (χ3v) is 5.97. The zero-order valence-corrected chi connectivity index (χ0v) is 14.7. The Morgan fingerprint density at radius 1 is 1.21 bits per heavy atom. The average Bonchev–Trinajstić information content (AvgIpc) is 2.95. The van der Waals surface area contributed by atoms with Gasteiger partial charge in [-0.25, -0.2) is 13.2 Å². The highest BCUT2D eigenvalue weighted by Gasteiger charge is 2.18. The number of hydrogen-bond donors (Lipinski definition) is 2. The molecule has 7 nitrogen and oxygen atoms in total. The van der Waals surface area contributed by atoms with Gasteiger partial charge in [0.05, 0.1) is 9.90 Å². The number of rotatable bonds is 6. The number of carbonyl (C=O) groups excluding carboxylic acids is 2. The van der Waals surface area contributed by atoms with Gasteiger partial charge in [-0.3, -0.25) is 9.52 Å². The summed E-state index contributed by atoms with van der Waals surface area (Å²) >= 11 is 6.66. The van der Waals surface area contributed by atoms with E-state index in [4.69, 9.17) is 22.1 Å². The minimum atomic E-state index is -3.75. The van der Waals surface area contributed by atoms with E-state index in [1.807, 2.05) is 0 Å². The summed E-state index contributed by atoms with van der Waals surface area (Å²) in [5.74, 6) is -1.50. The molecule has 1 heterocycles. The molecule has 0 saturated carbocycles. The van der Waals surface area contributed by atoms with Crippen LogP contribution >= 0.6 is 22.9 Å². The van der Waals surface area contributed by atoms with Crippen molar-refractivity contribution in [2.75, 3.05) is 4.72 Å². The van der Waals surface area contributed by atoms with Crippen LogP contribution in [-0.4, -0.2) is 26.4 Å². The van der Waals surface area contributed by atoms with Gasteiger partial charge >= 0.3 is 5.97 Å². The van der Waals surface area contributed by atoms with Crippen LogP contribution in [-0.2, 0) is 19.6 Å². The fraction of sp³-hybridized carbons (Fsp3) is 0.143. The molecule has 10 heteroatoms. The molecule has 0 fully saturated rings. The first-order chi connectivity index (χ1) is 11.2. The zero-order valence-electron chi connectivity index (χ0n) is 12.4. The Morgan fingerprint density at radius 2 is 1.83 bits per heavy atom. The summed E-state index contributed by atoms with van der Waals surface area (Å²) in [5.41, 5.74) is 5.43. The first kappa shape index (κ1) is 18.2. The van der Waals surface area contributed by atoms with Crippen molar-refractivity contribution in [2.45, 2.75) is 17.2 Å². The predicted molar refractivity (Wildman–Crippen MR) is 90.7 cm³/mol. The van der Waals surface area contributed by atoms with Crippen molar-refractivity contribution in [3.05, 3.63) is 46.3 Å². The SMILES string of the molecule is C[C@H](OC(=O)c1ccc(NS(=O)(=O)c2ccc(Cl)s2)cc1)C(N)=O. The Balaban J connectivity index is 2.09. The zero-order chi connectivity index (χ0) is 17.9. The van der Waals surface area contributed by atoms with Crippen LogP contribution in [0.25, 0.3) is 0 Å². The van der Waals surface area contributed by atoms with Crippen LogP contribution in [0, 0.1) is 0 Å². The first-order valence-corrected chi connectivity index (χ1v) is 9.25. The lowest BCUT2D eigenvalue weighted by Crippen LogP contribution is -2.30. The number of halogens is 1. The molecule has 2 aromatic rings. The lowest BCUT2D eigenvalue weighted by Gasteiger charge is -2.10. The highest BCUT2D eigenvalue weighted by atomic mass is 35.5. The molecule has 0 spiro atoms. The van der Waals surface area contributed by atoms with Gasteiger partial charge in [0, 0.05) is 5.69 Å². The van der Waals surface area contributed by atoms with Crippen LogP contribution in [0.5, 0.6) is 0 Å². The summed E-state index contributed by atoms with van der Waals surface area (Å²) in [4.78, 5) is 22.7. The summed E-state index contributed by atoms with van der Waals surface area (Å²) in [6.45, 7) is 1.36. The molecular weight excluding hydrogens is 376 g/mol. The minimum absolute atomic E-state index is 0.0752. The number of nitrogens with two attached hydrogens (primary N) is 1. The van der Waals surface area contributed by atoms with Crippen molar-refractivity contribution in [2.24, 2.45) is 5.73 Å². The van der Waals surface area contributed by atoms with Crippen LogP contribution in [0.2, 0.25) is 4.34 Å². The number of carbonyl (C=O) groups is 2. The van der Waals surface area contributed by atoms with E-state index >= 15 is 0 Å². The summed E-state index contributed by atoms with van der Waals surface area (Å²) in [5, 5.41) is 0. The van der Waals surface area contributed by atoms with E-state index in [-0.39, 0.29) is 15.5 Å². The maximum atomic E-state index is 12.2. The van der Waals surface area contributed by atoms with Crippen LogP contribution < -0.4 is 10.5 Å². The summed E-state index contributed by atoms with van der Waals surface area (Å²) in [6, 6.07) is 8.42. The number of ether oxygens (including phenoxy) is 1. The van der Waals surface area contributed by atoms with Gasteiger partial charge in [-0.15, -0.1) is 11.3 Å². The second-order valence-corrected chi connectivity index (χ2v) is 8.32. The Hall–Kier alpha value is -2.10. The van der Waals surface area contributed by atoms with E-state index in [0.717, 1.165) is 11.3 Å². The van der Waals surface area contributed by atoms with Crippen LogP contribution in [0.4, 0.5) is 5.69 Å². The molecular formula is C14H13ClN2O5S2. The predicted octanol–water partition coefficient (Wildman–Crippen LogP) is 2.23. The fourth-order valence-electron chi connectivity index (χ4n) is 1.61. The van der Waals surface area contributed by atoms with Gasteiger partial charge in [0.15, 0.2) is 6.10 Å². The van der Waals surface area contributed by atoms with Gasteiger partial charge in [-0.1, -0.05) is 11.6 Å². The molecule has 0 aliphatic rings. The maximum Gasteiger partial charge on any atom is 0.338 e. The Bertz CT molecular complexity index is 862. The number of hydrogen-bond acceptors (Lipinski definition) is 6. The highest BCUT2D eigenvalue weighted by Crippen LogP contribution is 2.27. The first-order valence-electron chi connectivity index (χ1n) is 6.57. The Labute approximate surface area is 147 Å². The monoisotopic (exact) mass is 388 g/mol. The molecule has 0 radical (unpaired) electrons. The molecule has 1 aromatic heterocycles. The van der Waals surface area contributed by atoms with E-state index in [1.54, 1.807) is 0 Å². The number of nitrogens with one attached hydrogen (secondary N) is 1. The molecule has 0 aliphatic carbocycles. The van der Waals surface area contributed by atoms with Crippen molar-refractivity contribution in [3.63, 3.8) is 0 Å². The van der Waals surface area contributed by atoms with Gasteiger partial charge in [0.1, 0.15) is 4.21 Å². The van der Waals surface area contributed by atoms with Crippen molar-refractivity contribution in [1.29, 1.82) is 0 Å². The Morgan fingerprint density at radius 3 is 2.33 bits per heavy atom. The molecule has 0 saturated heterocycles. The quantitative estimate of drug-likeness (QED) is 0.736. The van der Waals surface area contributed by atoms with E-state index in [2.05, 4.69) is 4.72 Å². The minimum Gasteiger partial charge on any atom is -0.449 e. The summed E-state index contributed by atoms with van der Waals surface area (Å²) in [7, 11) is -3.75. The largest absolute Gasteiger partial charge is 0.449 e. The van der Waals surface area contributed by atoms with E-state index in [0.29, 0.717) is 4.34 Å². The lowest BCUT2D eigenvalue weighted by molar-refractivity contribution is -0.125. The number of anilines is 1. The second-order valence-electron chi connectivity index (χ2n) is 4.69. The van der Waals surface area contributed by atoms with Gasteiger partial charge in [-0.2, -0.15) is 0 Å². The maximum absolute atomic E-state index is 12.2. The van der Waals surface area contributed by atoms with Crippen molar-refractivity contribution in [1.82, 2.24) is 0 Å². The van der Waals surface area contributed by atoms with Crippen LogP contribution in [0.3, 0.4) is 0 Å². The molecule has 1 aromatic carbocycles. The smallest absolute Gasteiger partial charge is 0.338 e. The number of amides is 1. The van der Waals surface area contributed by atoms with Crippen molar-refractivity contribution >= 4 is 50.5 Å². The van der Waals surface area contributed by atoms with Crippen LogP contribution in [0.1, 0.15) is 17.3 Å². The summed E-state index contributed by atoms with van der Waals surface area (Å²) in [6.07, 6.45) is -1.06. The molecule has 1 amide bonds. The number of thiophene rings is 1. The third-order valence-electron chi connectivity index (χ3n) is 2.87. The molecule has 3 N–H and O–H groups in total. The van der Waals surface area contributed by atoms with E-state index < -0.39 is 28.0 Å². The summed E-state index contributed by atoms with van der Waals surface area (Å²) < 4.78 is 32.0. The van der Waals surface area contributed by atoms with Gasteiger partial charge in [0.2, 0.25) is 0 Å². The topological polar surface area (TPSA) is 116 Å². The van der Waals surface area contributed by atoms with Crippen LogP contribution in [0.15, 0.2) is 40.6 Å². The molecule has 24 heavy (non-hydrogen) atoms.